The highest BCUT2D eigenvalue weighted by atomic mass is 35.5. The van der Waals surface area contributed by atoms with E-state index in [0.717, 1.165) is 33.3 Å². The summed E-state index contributed by atoms with van der Waals surface area (Å²) in [6, 6.07) is 11.8. The number of thiophene rings is 1. The lowest BCUT2D eigenvalue weighted by Crippen LogP contribution is -2.27. The summed E-state index contributed by atoms with van der Waals surface area (Å²) in [6.45, 7) is 1.53. The molecule has 0 bridgehead atoms. The van der Waals surface area contributed by atoms with Gasteiger partial charge in [-0.3, -0.25) is 4.79 Å². The third-order valence-electron chi connectivity index (χ3n) is 4.01. The van der Waals surface area contributed by atoms with Crippen molar-refractivity contribution in [2.24, 2.45) is 5.92 Å². The van der Waals surface area contributed by atoms with Gasteiger partial charge in [-0.05, 0) is 30.7 Å². The topological polar surface area (TPSA) is 40.5 Å². The monoisotopic (exact) mass is 347 g/mol. The van der Waals surface area contributed by atoms with Crippen molar-refractivity contribution in [1.29, 1.82) is 0 Å². The highest BCUT2D eigenvalue weighted by Crippen LogP contribution is 2.33. The minimum Gasteiger partial charge on any atom is -0.396 e. The van der Waals surface area contributed by atoms with Crippen molar-refractivity contribution in [1.82, 2.24) is 4.90 Å². The van der Waals surface area contributed by atoms with Gasteiger partial charge in [-0.1, -0.05) is 29.8 Å². The Hall–Kier alpha value is -1.62. The number of amides is 1. The van der Waals surface area contributed by atoms with Crippen molar-refractivity contribution >= 4 is 34.9 Å². The van der Waals surface area contributed by atoms with Crippen LogP contribution in [0.4, 0.5) is 0 Å². The standard InChI is InChI=1S/C18H18ClNO2S/c19-16-4-2-1-3-15(16)17-7-5-14(23-17)6-8-18(22)20-10-9-13(11-20)12-21/h1-8,13,21H,9-12H2/b8-6+. The summed E-state index contributed by atoms with van der Waals surface area (Å²) in [5.74, 6) is 0.231. The Labute approximate surface area is 144 Å². The van der Waals surface area contributed by atoms with E-state index in [-0.39, 0.29) is 18.4 Å². The predicted octanol–water partition coefficient (Wildman–Crippen LogP) is 3.92. The Bertz CT molecular complexity index is 725. The second-order valence-corrected chi connectivity index (χ2v) is 7.16. The molecule has 5 heteroatoms. The molecule has 0 saturated carbocycles. The smallest absolute Gasteiger partial charge is 0.246 e. The van der Waals surface area contributed by atoms with E-state index in [1.54, 1.807) is 22.3 Å². The van der Waals surface area contributed by atoms with Gasteiger partial charge in [0.15, 0.2) is 0 Å². The molecule has 1 N–H and O–H groups in total. The van der Waals surface area contributed by atoms with Crippen molar-refractivity contribution < 1.29 is 9.90 Å². The molecule has 3 nitrogen and oxygen atoms in total. The first-order valence-corrected chi connectivity index (χ1v) is 8.79. The Morgan fingerprint density at radius 1 is 1.35 bits per heavy atom. The van der Waals surface area contributed by atoms with Gasteiger partial charge >= 0.3 is 0 Å². The van der Waals surface area contributed by atoms with E-state index in [1.807, 2.05) is 42.5 Å². The van der Waals surface area contributed by atoms with Gasteiger partial charge in [-0.15, -0.1) is 11.3 Å². The third-order valence-corrected chi connectivity index (χ3v) is 5.43. The van der Waals surface area contributed by atoms with E-state index in [1.165, 1.54) is 0 Å². The van der Waals surface area contributed by atoms with Gasteiger partial charge < -0.3 is 10.0 Å². The van der Waals surface area contributed by atoms with Crippen LogP contribution in [0.25, 0.3) is 16.5 Å². The maximum absolute atomic E-state index is 12.2. The minimum atomic E-state index is 0.00800. The number of carbonyl (C=O) groups excluding carboxylic acids is 1. The Balaban J connectivity index is 1.67. The van der Waals surface area contributed by atoms with E-state index in [2.05, 4.69) is 0 Å². The van der Waals surface area contributed by atoms with Crippen LogP contribution in [-0.4, -0.2) is 35.6 Å². The van der Waals surface area contributed by atoms with E-state index >= 15 is 0 Å². The zero-order chi connectivity index (χ0) is 16.2. The number of hydrogen-bond acceptors (Lipinski definition) is 3. The Morgan fingerprint density at radius 2 is 2.17 bits per heavy atom. The molecule has 0 radical (unpaired) electrons. The molecule has 120 valence electrons. The number of halogens is 1. The average molecular weight is 348 g/mol. The van der Waals surface area contributed by atoms with E-state index in [9.17, 15) is 4.79 Å². The van der Waals surface area contributed by atoms with Gasteiger partial charge in [-0.2, -0.15) is 0 Å². The summed E-state index contributed by atoms with van der Waals surface area (Å²) in [7, 11) is 0. The second-order valence-electron chi connectivity index (χ2n) is 5.64. The number of hydrogen-bond donors (Lipinski definition) is 1. The largest absolute Gasteiger partial charge is 0.396 e. The molecular formula is C18H18ClNO2S. The van der Waals surface area contributed by atoms with Crippen LogP contribution >= 0.6 is 22.9 Å². The van der Waals surface area contributed by atoms with Crippen LogP contribution in [0.1, 0.15) is 11.3 Å². The quantitative estimate of drug-likeness (QED) is 0.851. The molecule has 2 heterocycles. The number of aliphatic hydroxyl groups excluding tert-OH is 1. The van der Waals surface area contributed by atoms with Gasteiger partial charge in [0.2, 0.25) is 5.91 Å². The molecule has 0 aliphatic carbocycles. The molecule has 1 aromatic heterocycles. The van der Waals surface area contributed by atoms with Crippen molar-refractivity contribution in [3.05, 3.63) is 52.4 Å². The predicted molar refractivity (Wildman–Crippen MR) is 95.6 cm³/mol. The van der Waals surface area contributed by atoms with Crippen molar-refractivity contribution in [3.8, 4) is 10.4 Å². The van der Waals surface area contributed by atoms with Crippen LogP contribution in [0.3, 0.4) is 0 Å². The first-order valence-electron chi connectivity index (χ1n) is 7.60. The summed E-state index contributed by atoms with van der Waals surface area (Å²) in [6.07, 6.45) is 4.34. The fraction of sp³-hybridized carbons (Fsp3) is 0.278. The number of carbonyl (C=O) groups is 1. The van der Waals surface area contributed by atoms with Crippen molar-refractivity contribution in [3.63, 3.8) is 0 Å². The SMILES string of the molecule is O=C(/C=C/c1ccc(-c2ccccc2Cl)s1)N1CCC(CO)C1. The minimum absolute atomic E-state index is 0.00800. The molecule has 1 aromatic carbocycles. The molecule has 3 rings (SSSR count). The molecule has 1 amide bonds. The number of rotatable bonds is 4. The highest BCUT2D eigenvalue weighted by molar-refractivity contribution is 7.16. The molecular weight excluding hydrogens is 330 g/mol. The summed E-state index contributed by atoms with van der Waals surface area (Å²) < 4.78 is 0. The van der Waals surface area contributed by atoms with Gasteiger partial charge in [-0.25, -0.2) is 0 Å². The number of likely N-dealkylation sites (tertiary alicyclic amines) is 1. The molecule has 1 fully saturated rings. The zero-order valence-corrected chi connectivity index (χ0v) is 14.2. The van der Waals surface area contributed by atoms with Crippen LogP contribution in [0.5, 0.6) is 0 Å². The normalized spacial score (nSPS) is 18.0. The highest BCUT2D eigenvalue weighted by Gasteiger charge is 2.24. The summed E-state index contributed by atoms with van der Waals surface area (Å²) in [5, 5.41) is 9.87. The lowest BCUT2D eigenvalue weighted by atomic mass is 10.1. The lowest BCUT2D eigenvalue weighted by Gasteiger charge is -2.13. The summed E-state index contributed by atoms with van der Waals surface area (Å²) in [5.41, 5.74) is 1.01. The molecule has 1 aliphatic rings. The van der Waals surface area contributed by atoms with Crippen LogP contribution in [0.2, 0.25) is 5.02 Å². The van der Waals surface area contributed by atoms with Crippen molar-refractivity contribution in [2.45, 2.75) is 6.42 Å². The third kappa shape index (κ3) is 3.83. The molecule has 0 spiro atoms. The lowest BCUT2D eigenvalue weighted by molar-refractivity contribution is -0.125. The van der Waals surface area contributed by atoms with Crippen LogP contribution in [0, 0.1) is 5.92 Å². The maximum atomic E-state index is 12.2. The second kappa shape index (κ2) is 7.30. The first-order chi connectivity index (χ1) is 11.2. The fourth-order valence-electron chi connectivity index (χ4n) is 2.69. The first kappa shape index (κ1) is 16.2. The molecule has 23 heavy (non-hydrogen) atoms. The van der Waals surface area contributed by atoms with Gasteiger partial charge in [0.1, 0.15) is 0 Å². The maximum Gasteiger partial charge on any atom is 0.246 e. The molecule has 2 aromatic rings. The number of aliphatic hydroxyl groups is 1. The molecule has 1 unspecified atom stereocenters. The average Bonchev–Trinajstić information content (AvgIpc) is 3.22. The fourth-order valence-corrected chi connectivity index (χ4v) is 3.93. The number of benzene rings is 1. The van der Waals surface area contributed by atoms with Crippen LogP contribution in [-0.2, 0) is 4.79 Å². The van der Waals surface area contributed by atoms with Crippen molar-refractivity contribution in [2.75, 3.05) is 19.7 Å². The van der Waals surface area contributed by atoms with E-state index in [0.29, 0.717) is 6.54 Å². The van der Waals surface area contributed by atoms with E-state index < -0.39 is 0 Å². The van der Waals surface area contributed by atoms with Crippen LogP contribution in [0.15, 0.2) is 42.5 Å². The zero-order valence-electron chi connectivity index (χ0n) is 12.6. The molecule has 1 aliphatic heterocycles. The molecule has 1 saturated heterocycles. The summed E-state index contributed by atoms with van der Waals surface area (Å²) in [4.78, 5) is 16.1. The van der Waals surface area contributed by atoms with Crippen LogP contribution < -0.4 is 0 Å². The Kier molecular flexibility index (Phi) is 5.16. The summed E-state index contributed by atoms with van der Waals surface area (Å²) >= 11 is 7.82. The molecule has 1 atom stereocenters. The van der Waals surface area contributed by atoms with Gasteiger partial charge in [0.05, 0.1) is 0 Å². The Morgan fingerprint density at radius 3 is 2.91 bits per heavy atom. The van der Waals surface area contributed by atoms with Gasteiger partial charge in [0, 0.05) is 52.0 Å². The van der Waals surface area contributed by atoms with Gasteiger partial charge in [0.25, 0.3) is 0 Å². The van der Waals surface area contributed by atoms with E-state index in [4.69, 9.17) is 16.7 Å². The number of nitrogens with zero attached hydrogens (tertiary/aromatic N) is 1.